The van der Waals surface area contributed by atoms with Gasteiger partial charge in [0.15, 0.2) is 24.4 Å². The van der Waals surface area contributed by atoms with Crippen molar-refractivity contribution in [2.24, 2.45) is 0 Å². The van der Waals surface area contributed by atoms with Crippen LogP contribution in [0, 0.1) is 11.8 Å². The molecule has 180 valence electrons. The zero-order valence-electron chi connectivity index (χ0n) is 18.0. The molecule has 33 heavy (non-hydrogen) atoms. The standard InChI is InChI=1S/C21H24F3N3O6/c1-11-17(28)18(29)19(33-16-6-4-5-15(27(16)2)21(22,23)24)14(32-11)10-8-12-7-9-13(26-25-12)20(30)31-3/h4-7,9,11,14-15,17-20,28-30H,1-3H3/t11-,14-,15?,17+,18+,19+,20?/m1/s1. The number of hydrogen-bond acceptors (Lipinski definition) is 9. The molecule has 9 nitrogen and oxygen atoms in total. The van der Waals surface area contributed by atoms with Crippen molar-refractivity contribution >= 4 is 0 Å². The van der Waals surface area contributed by atoms with E-state index >= 15 is 0 Å². The van der Waals surface area contributed by atoms with Crippen molar-refractivity contribution in [3.8, 4) is 11.8 Å². The molecule has 0 bridgehead atoms. The molecule has 3 N–H and O–H groups in total. The van der Waals surface area contributed by atoms with Crippen LogP contribution in [-0.4, -0.2) is 87.3 Å². The molecule has 0 aliphatic carbocycles. The Labute approximate surface area is 188 Å². The first-order valence-electron chi connectivity index (χ1n) is 9.95. The number of aliphatic hydroxyl groups is 3. The summed E-state index contributed by atoms with van der Waals surface area (Å²) in [6, 6.07) is 1.01. The predicted molar refractivity (Wildman–Crippen MR) is 107 cm³/mol. The predicted octanol–water partition coefficient (Wildman–Crippen LogP) is 0.634. The van der Waals surface area contributed by atoms with Gasteiger partial charge in [0, 0.05) is 14.2 Å². The molecule has 1 fully saturated rings. The van der Waals surface area contributed by atoms with Crippen LogP contribution < -0.4 is 0 Å². The monoisotopic (exact) mass is 471 g/mol. The van der Waals surface area contributed by atoms with E-state index < -0.39 is 49.0 Å². The Kier molecular flexibility index (Phi) is 7.61. The van der Waals surface area contributed by atoms with Crippen LogP contribution in [0.15, 0.2) is 36.2 Å². The molecule has 1 aromatic rings. The van der Waals surface area contributed by atoms with Gasteiger partial charge < -0.3 is 34.4 Å². The summed E-state index contributed by atoms with van der Waals surface area (Å²) in [5.41, 5.74) is 0.372. The van der Waals surface area contributed by atoms with Gasteiger partial charge in [0.25, 0.3) is 0 Å². The van der Waals surface area contributed by atoms with E-state index in [0.29, 0.717) is 0 Å². The second-order valence-electron chi connectivity index (χ2n) is 7.51. The summed E-state index contributed by atoms with van der Waals surface area (Å²) in [4.78, 5) is 0.868. The summed E-state index contributed by atoms with van der Waals surface area (Å²) in [7, 11) is 2.50. The fraction of sp³-hybridized carbons (Fsp3) is 0.524. The van der Waals surface area contributed by atoms with E-state index in [-0.39, 0.29) is 17.3 Å². The van der Waals surface area contributed by atoms with E-state index in [2.05, 4.69) is 22.0 Å². The van der Waals surface area contributed by atoms with E-state index in [9.17, 15) is 28.5 Å². The van der Waals surface area contributed by atoms with Crippen molar-refractivity contribution < 1.29 is 42.7 Å². The Balaban J connectivity index is 1.82. The number of halogens is 3. The van der Waals surface area contributed by atoms with Crippen LogP contribution in [0.1, 0.15) is 24.6 Å². The fourth-order valence-corrected chi connectivity index (χ4v) is 3.31. The Bertz CT molecular complexity index is 943. The van der Waals surface area contributed by atoms with E-state index in [1.807, 2.05) is 0 Å². The second-order valence-corrected chi connectivity index (χ2v) is 7.51. The molecule has 2 aliphatic rings. The van der Waals surface area contributed by atoms with Gasteiger partial charge in [-0.3, -0.25) is 0 Å². The number of aromatic nitrogens is 2. The first kappa shape index (κ1) is 24.9. The zero-order chi connectivity index (χ0) is 24.3. The SMILES string of the molecule is COC(O)c1ccc(C#C[C@H]2O[C@H](C)[C@H](O)[C@H](O)[C@H]2OC2=CC=CC(C(F)(F)F)N2C)nn1. The number of hydrogen-bond donors (Lipinski definition) is 3. The first-order valence-corrected chi connectivity index (χ1v) is 9.95. The summed E-state index contributed by atoms with van der Waals surface area (Å²) >= 11 is 0. The van der Waals surface area contributed by atoms with Crippen LogP contribution in [0.3, 0.4) is 0 Å². The zero-order valence-corrected chi connectivity index (χ0v) is 18.0. The van der Waals surface area contributed by atoms with Crippen molar-refractivity contribution in [2.75, 3.05) is 14.2 Å². The maximum atomic E-state index is 13.3. The van der Waals surface area contributed by atoms with Gasteiger partial charge in [0.05, 0.1) is 6.10 Å². The maximum Gasteiger partial charge on any atom is 0.412 e. The number of allylic oxidation sites excluding steroid dienone is 2. The van der Waals surface area contributed by atoms with E-state index in [1.54, 1.807) is 0 Å². The lowest BCUT2D eigenvalue weighted by Gasteiger charge is -2.42. The molecule has 3 rings (SSSR count). The van der Waals surface area contributed by atoms with Gasteiger partial charge in [-0.25, -0.2) is 0 Å². The molecule has 0 radical (unpaired) electrons. The van der Waals surface area contributed by atoms with Crippen LogP contribution in [0.4, 0.5) is 13.2 Å². The molecule has 0 aromatic carbocycles. The molecule has 12 heteroatoms. The summed E-state index contributed by atoms with van der Waals surface area (Å²) < 4.78 is 55.9. The molecular formula is C21H24F3N3O6. The third kappa shape index (κ3) is 5.63. The summed E-state index contributed by atoms with van der Waals surface area (Å²) in [5.74, 6) is 5.25. The van der Waals surface area contributed by atoms with Crippen molar-refractivity contribution in [3.05, 3.63) is 47.6 Å². The van der Waals surface area contributed by atoms with Crippen molar-refractivity contribution in [1.82, 2.24) is 15.1 Å². The lowest BCUT2D eigenvalue weighted by Crippen LogP contribution is -2.58. The lowest BCUT2D eigenvalue weighted by atomic mass is 9.95. The van der Waals surface area contributed by atoms with E-state index in [0.717, 1.165) is 11.0 Å². The van der Waals surface area contributed by atoms with E-state index in [1.165, 1.54) is 45.4 Å². The Morgan fingerprint density at radius 2 is 1.94 bits per heavy atom. The number of aliphatic hydroxyl groups excluding tert-OH is 3. The molecule has 0 spiro atoms. The molecule has 7 atom stereocenters. The molecule has 2 unspecified atom stereocenters. The highest BCUT2D eigenvalue weighted by molar-refractivity contribution is 5.29. The summed E-state index contributed by atoms with van der Waals surface area (Å²) in [5, 5.41) is 38.0. The lowest BCUT2D eigenvalue weighted by molar-refractivity contribution is -0.217. The van der Waals surface area contributed by atoms with Gasteiger partial charge in [0.1, 0.15) is 29.6 Å². The van der Waals surface area contributed by atoms with Gasteiger partial charge in [-0.15, -0.1) is 10.2 Å². The number of ether oxygens (including phenoxy) is 3. The Morgan fingerprint density at radius 3 is 2.55 bits per heavy atom. The topological polar surface area (TPSA) is 117 Å². The van der Waals surface area contributed by atoms with Gasteiger partial charge >= 0.3 is 6.18 Å². The van der Waals surface area contributed by atoms with Crippen LogP contribution >= 0.6 is 0 Å². The number of nitrogens with zero attached hydrogens (tertiary/aromatic N) is 3. The average Bonchev–Trinajstić information content (AvgIpc) is 2.78. The highest BCUT2D eigenvalue weighted by atomic mass is 19.4. The van der Waals surface area contributed by atoms with Crippen LogP contribution in [0.25, 0.3) is 0 Å². The highest BCUT2D eigenvalue weighted by Crippen LogP contribution is 2.32. The molecule has 1 saturated heterocycles. The summed E-state index contributed by atoms with van der Waals surface area (Å²) in [6.07, 6.45) is -8.33. The minimum atomic E-state index is -4.54. The Hall–Kier alpha value is -2.69. The smallest absolute Gasteiger partial charge is 0.412 e. The third-order valence-electron chi connectivity index (χ3n) is 5.22. The van der Waals surface area contributed by atoms with Crippen molar-refractivity contribution in [2.45, 2.75) is 56.0 Å². The fourth-order valence-electron chi connectivity index (χ4n) is 3.31. The van der Waals surface area contributed by atoms with Gasteiger partial charge in [-0.1, -0.05) is 18.1 Å². The summed E-state index contributed by atoms with van der Waals surface area (Å²) in [6.45, 7) is 1.52. The third-order valence-corrected chi connectivity index (χ3v) is 5.22. The van der Waals surface area contributed by atoms with Crippen LogP contribution in [0.5, 0.6) is 0 Å². The van der Waals surface area contributed by atoms with Crippen LogP contribution in [-0.2, 0) is 14.2 Å². The first-order chi connectivity index (χ1) is 15.5. The number of likely N-dealkylation sites (N-methyl/N-ethyl adjacent to an activating group) is 1. The molecule has 1 aromatic heterocycles. The average molecular weight is 471 g/mol. The number of alkyl halides is 3. The maximum absolute atomic E-state index is 13.3. The van der Waals surface area contributed by atoms with Gasteiger partial charge in [-0.05, 0) is 31.1 Å². The molecular weight excluding hydrogens is 447 g/mol. The largest absolute Gasteiger partial charge is 0.469 e. The number of rotatable bonds is 4. The van der Waals surface area contributed by atoms with Gasteiger partial charge in [0.2, 0.25) is 0 Å². The second kappa shape index (κ2) is 10.1. The minimum absolute atomic E-state index is 0.168. The normalized spacial score (nSPS) is 30.8. The van der Waals surface area contributed by atoms with Crippen LogP contribution in [0.2, 0.25) is 0 Å². The van der Waals surface area contributed by atoms with Gasteiger partial charge in [-0.2, -0.15) is 13.2 Å². The Morgan fingerprint density at radius 1 is 1.21 bits per heavy atom. The molecule has 0 saturated carbocycles. The molecule has 3 heterocycles. The highest BCUT2D eigenvalue weighted by Gasteiger charge is 2.47. The quantitative estimate of drug-likeness (QED) is 0.429. The minimum Gasteiger partial charge on any atom is -0.469 e. The molecule has 0 amide bonds. The van der Waals surface area contributed by atoms with Crippen molar-refractivity contribution in [3.63, 3.8) is 0 Å². The number of methoxy groups -OCH3 is 1. The van der Waals surface area contributed by atoms with Crippen molar-refractivity contribution in [1.29, 1.82) is 0 Å². The van der Waals surface area contributed by atoms with E-state index in [4.69, 9.17) is 14.2 Å². The molecule has 2 aliphatic heterocycles.